The summed E-state index contributed by atoms with van der Waals surface area (Å²) in [5.41, 5.74) is 1.29. The predicted molar refractivity (Wildman–Crippen MR) is 84.4 cm³/mol. The number of hydrogen-bond donors (Lipinski definition) is 0. The maximum absolute atomic E-state index is 9.68. The van der Waals surface area contributed by atoms with Gasteiger partial charge in [0.25, 0.3) is 0 Å². The molecule has 0 aromatic heterocycles. The van der Waals surface area contributed by atoms with E-state index in [1.807, 2.05) is 36.4 Å². The Hall–Kier alpha value is -2.80. The minimum Gasteiger partial charge on any atom is -0.211 e. The predicted octanol–water partition coefficient (Wildman–Crippen LogP) is 4.72. The monoisotopic (exact) mass is 282 g/mol. The molecule has 0 radical (unpaired) electrons. The van der Waals surface area contributed by atoms with Gasteiger partial charge in [0, 0.05) is 0 Å². The molecule has 2 aromatic rings. The fourth-order valence-electron chi connectivity index (χ4n) is 1.11. The molecule has 0 atom stereocenters. The highest BCUT2D eigenvalue weighted by molar-refractivity contribution is 5.48. The van der Waals surface area contributed by atoms with E-state index in [0.717, 1.165) is 0 Å². The van der Waals surface area contributed by atoms with Gasteiger partial charge in [-0.3, -0.25) is 0 Å². The third kappa shape index (κ3) is 10.8. The molecule has 0 bridgehead atoms. The quantitative estimate of drug-likeness (QED) is 0.591. The van der Waals surface area contributed by atoms with Crippen molar-refractivity contribution in [3.8, 4) is 0 Å². The number of isocyanates is 2. The zero-order valence-corrected chi connectivity index (χ0v) is 12.2. The lowest BCUT2D eigenvalue weighted by Gasteiger charge is -1.83. The van der Waals surface area contributed by atoms with Crippen molar-refractivity contribution in [1.29, 1.82) is 0 Å². The molecule has 2 aromatic carbocycles. The van der Waals surface area contributed by atoms with E-state index in [0.29, 0.717) is 11.4 Å². The summed E-state index contributed by atoms with van der Waals surface area (Å²) >= 11 is 0. The normalized spacial score (nSPS) is 7.71. The second-order valence-electron chi connectivity index (χ2n) is 3.78. The van der Waals surface area contributed by atoms with E-state index >= 15 is 0 Å². The molecule has 0 amide bonds. The molecule has 108 valence electrons. The molecular formula is C17H18N2O2. The van der Waals surface area contributed by atoms with E-state index < -0.39 is 0 Å². The van der Waals surface area contributed by atoms with Crippen molar-refractivity contribution in [3.05, 3.63) is 60.7 Å². The molecule has 0 aliphatic heterocycles. The highest BCUT2D eigenvalue weighted by atomic mass is 16.1. The van der Waals surface area contributed by atoms with Crippen LogP contribution in [0, 0.1) is 0 Å². The first kappa shape index (κ1) is 18.2. The van der Waals surface area contributed by atoms with Crippen LogP contribution in [-0.2, 0) is 9.59 Å². The molecule has 0 N–H and O–H groups in total. The van der Waals surface area contributed by atoms with Crippen LogP contribution in [0.15, 0.2) is 70.6 Å². The second kappa shape index (κ2) is 13.6. The number of hydrogen-bond acceptors (Lipinski definition) is 4. The Balaban J connectivity index is 0.000000322. The van der Waals surface area contributed by atoms with Crippen LogP contribution < -0.4 is 0 Å². The van der Waals surface area contributed by atoms with Gasteiger partial charge in [0.15, 0.2) is 0 Å². The molecule has 0 aliphatic carbocycles. The molecule has 0 fully saturated rings. The maximum Gasteiger partial charge on any atom is 0.240 e. The Kier molecular flexibility index (Phi) is 11.8. The molecule has 4 heteroatoms. The summed E-state index contributed by atoms with van der Waals surface area (Å²) in [6.07, 6.45) is 4.17. The SMILES string of the molecule is CCC.O=C=Nc1ccccc1.O=C=Nc1ccccc1. The number of para-hydroxylation sites is 2. The summed E-state index contributed by atoms with van der Waals surface area (Å²) in [5.74, 6) is 0. The number of aliphatic imine (C=N–C) groups is 2. The van der Waals surface area contributed by atoms with E-state index in [1.54, 1.807) is 24.3 Å². The first-order chi connectivity index (χ1) is 10.3. The maximum atomic E-state index is 9.68. The van der Waals surface area contributed by atoms with Crippen molar-refractivity contribution in [2.75, 3.05) is 0 Å². The highest BCUT2D eigenvalue weighted by Crippen LogP contribution is 2.07. The van der Waals surface area contributed by atoms with Gasteiger partial charge in [0.05, 0.1) is 11.4 Å². The molecule has 0 aliphatic rings. The summed E-state index contributed by atoms with van der Waals surface area (Å²) in [6.45, 7) is 4.25. The van der Waals surface area contributed by atoms with E-state index in [-0.39, 0.29) is 0 Å². The van der Waals surface area contributed by atoms with Gasteiger partial charge in [-0.15, -0.1) is 0 Å². The molecular weight excluding hydrogens is 264 g/mol. The summed E-state index contributed by atoms with van der Waals surface area (Å²) in [4.78, 5) is 26.2. The van der Waals surface area contributed by atoms with Crippen molar-refractivity contribution >= 4 is 23.5 Å². The average Bonchev–Trinajstić information content (AvgIpc) is 2.52. The highest BCUT2D eigenvalue weighted by Gasteiger charge is 1.80. The molecule has 21 heavy (non-hydrogen) atoms. The molecule has 0 heterocycles. The number of rotatable bonds is 2. The summed E-state index contributed by atoms with van der Waals surface area (Å²) in [5, 5.41) is 0. The summed E-state index contributed by atoms with van der Waals surface area (Å²) in [7, 11) is 0. The Morgan fingerprint density at radius 2 is 1.00 bits per heavy atom. The first-order valence-corrected chi connectivity index (χ1v) is 6.54. The van der Waals surface area contributed by atoms with Crippen molar-refractivity contribution in [1.82, 2.24) is 0 Å². The van der Waals surface area contributed by atoms with Crippen molar-refractivity contribution < 1.29 is 9.59 Å². The minimum atomic E-state index is 0.646. The fourth-order valence-corrected chi connectivity index (χ4v) is 1.11. The average molecular weight is 282 g/mol. The van der Waals surface area contributed by atoms with Crippen molar-refractivity contribution in [2.45, 2.75) is 20.3 Å². The van der Waals surface area contributed by atoms with Crippen LogP contribution in [0.1, 0.15) is 20.3 Å². The molecule has 2 rings (SSSR count). The van der Waals surface area contributed by atoms with Gasteiger partial charge in [-0.2, -0.15) is 9.98 Å². The summed E-state index contributed by atoms with van der Waals surface area (Å²) in [6, 6.07) is 18.0. The lowest BCUT2D eigenvalue weighted by atomic mass is 10.3. The van der Waals surface area contributed by atoms with Crippen LogP contribution >= 0.6 is 0 Å². The molecule has 0 saturated carbocycles. The van der Waals surface area contributed by atoms with E-state index in [1.165, 1.54) is 18.6 Å². The lowest BCUT2D eigenvalue weighted by molar-refractivity contribution is 0.564. The zero-order chi connectivity index (χ0) is 15.8. The standard InChI is InChI=1S/2C7H5NO.C3H8/c2*9-6-8-7-4-2-1-3-5-7;1-3-2/h2*1-5H;3H2,1-2H3. The van der Waals surface area contributed by atoms with Gasteiger partial charge in [-0.25, -0.2) is 9.59 Å². The lowest BCUT2D eigenvalue weighted by Crippen LogP contribution is -1.59. The van der Waals surface area contributed by atoms with Crippen LogP contribution in [0.4, 0.5) is 11.4 Å². The Morgan fingerprint density at radius 3 is 1.24 bits per heavy atom. The van der Waals surface area contributed by atoms with E-state index in [9.17, 15) is 9.59 Å². The first-order valence-electron chi connectivity index (χ1n) is 6.54. The van der Waals surface area contributed by atoms with E-state index in [4.69, 9.17) is 0 Å². The van der Waals surface area contributed by atoms with Crippen LogP contribution in [0.25, 0.3) is 0 Å². The molecule has 0 saturated heterocycles. The van der Waals surface area contributed by atoms with Gasteiger partial charge in [-0.1, -0.05) is 56.7 Å². The van der Waals surface area contributed by atoms with Crippen molar-refractivity contribution in [2.24, 2.45) is 9.98 Å². The van der Waals surface area contributed by atoms with Crippen LogP contribution in [0.3, 0.4) is 0 Å². The van der Waals surface area contributed by atoms with Crippen LogP contribution in [0.2, 0.25) is 0 Å². The van der Waals surface area contributed by atoms with Gasteiger partial charge < -0.3 is 0 Å². The molecule has 0 unspecified atom stereocenters. The Morgan fingerprint density at radius 1 is 0.714 bits per heavy atom. The van der Waals surface area contributed by atoms with Crippen LogP contribution in [-0.4, -0.2) is 12.2 Å². The van der Waals surface area contributed by atoms with Crippen LogP contribution in [0.5, 0.6) is 0 Å². The second-order valence-corrected chi connectivity index (χ2v) is 3.78. The largest absolute Gasteiger partial charge is 0.240 e. The zero-order valence-electron chi connectivity index (χ0n) is 12.2. The molecule has 0 spiro atoms. The minimum absolute atomic E-state index is 0.646. The van der Waals surface area contributed by atoms with Gasteiger partial charge >= 0.3 is 0 Å². The summed E-state index contributed by atoms with van der Waals surface area (Å²) < 4.78 is 0. The number of benzene rings is 2. The number of carbonyl (C=O) groups excluding carboxylic acids is 2. The van der Waals surface area contributed by atoms with Crippen molar-refractivity contribution in [3.63, 3.8) is 0 Å². The Labute approximate surface area is 124 Å². The smallest absolute Gasteiger partial charge is 0.211 e. The fraction of sp³-hybridized carbons (Fsp3) is 0.176. The number of nitrogens with zero attached hydrogens (tertiary/aromatic N) is 2. The van der Waals surface area contributed by atoms with Gasteiger partial charge in [-0.05, 0) is 24.3 Å². The Bertz CT molecular complexity index is 517. The third-order valence-corrected chi connectivity index (χ3v) is 1.86. The van der Waals surface area contributed by atoms with Gasteiger partial charge in [0.2, 0.25) is 12.2 Å². The third-order valence-electron chi connectivity index (χ3n) is 1.86. The topological polar surface area (TPSA) is 58.9 Å². The van der Waals surface area contributed by atoms with E-state index in [2.05, 4.69) is 23.8 Å². The van der Waals surface area contributed by atoms with Gasteiger partial charge in [0.1, 0.15) is 0 Å². The molecule has 4 nitrogen and oxygen atoms in total.